The molecule has 0 N–H and O–H groups in total. The molecule has 4 nitrogen and oxygen atoms in total. The Bertz CT molecular complexity index is 2560. The molecule has 6 aromatic carbocycles. The first kappa shape index (κ1) is 28.6. The van der Waals surface area contributed by atoms with Crippen molar-refractivity contribution in [3.05, 3.63) is 182 Å². The lowest BCUT2D eigenvalue weighted by Crippen LogP contribution is -1.96. The summed E-state index contributed by atoms with van der Waals surface area (Å²) in [6.45, 7) is 0. The Morgan fingerprint density at radius 3 is 1.63 bits per heavy atom. The minimum atomic E-state index is 0.701. The zero-order chi connectivity index (χ0) is 32.6. The smallest absolute Gasteiger partial charge is 0.160 e. The summed E-state index contributed by atoms with van der Waals surface area (Å²) in [6.07, 6.45) is 3.64. The molecule has 9 rings (SSSR count). The van der Waals surface area contributed by atoms with Gasteiger partial charge in [-0.1, -0.05) is 133 Å². The molecule has 3 heterocycles. The van der Waals surface area contributed by atoms with Crippen LogP contribution in [-0.2, 0) is 0 Å². The Kier molecular flexibility index (Phi) is 7.10. The van der Waals surface area contributed by atoms with Crippen LogP contribution < -0.4 is 0 Å². The molecule has 0 aliphatic heterocycles. The maximum absolute atomic E-state index is 5.08. The van der Waals surface area contributed by atoms with Gasteiger partial charge in [0.05, 0.1) is 22.4 Å². The minimum Gasteiger partial charge on any atom is -0.309 e. The van der Waals surface area contributed by atoms with E-state index in [4.69, 9.17) is 9.97 Å². The van der Waals surface area contributed by atoms with Crippen molar-refractivity contribution < 1.29 is 0 Å². The molecule has 0 saturated carbocycles. The molecule has 0 aliphatic carbocycles. The van der Waals surface area contributed by atoms with Crippen molar-refractivity contribution in [2.24, 2.45) is 0 Å². The van der Waals surface area contributed by atoms with Crippen molar-refractivity contribution in [2.45, 2.75) is 0 Å². The lowest BCUT2D eigenvalue weighted by atomic mass is 9.99. The van der Waals surface area contributed by atoms with Crippen LogP contribution in [0.5, 0.6) is 0 Å². The van der Waals surface area contributed by atoms with E-state index in [0.717, 1.165) is 50.5 Å². The van der Waals surface area contributed by atoms with E-state index < -0.39 is 0 Å². The Balaban J connectivity index is 1.15. The van der Waals surface area contributed by atoms with Crippen LogP contribution in [0.15, 0.2) is 182 Å². The van der Waals surface area contributed by atoms with Gasteiger partial charge in [0.2, 0.25) is 0 Å². The number of hydrogen-bond acceptors (Lipinski definition) is 3. The molecule has 49 heavy (non-hydrogen) atoms. The normalized spacial score (nSPS) is 11.3. The van der Waals surface area contributed by atoms with Crippen molar-refractivity contribution in [2.75, 3.05) is 0 Å². The van der Waals surface area contributed by atoms with E-state index in [1.807, 2.05) is 42.7 Å². The Morgan fingerprint density at radius 1 is 0.388 bits per heavy atom. The van der Waals surface area contributed by atoms with Crippen LogP contribution in [0, 0.1) is 0 Å². The highest BCUT2D eigenvalue weighted by atomic mass is 15.0. The van der Waals surface area contributed by atoms with Crippen LogP contribution in [-0.4, -0.2) is 19.5 Å². The van der Waals surface area contributed by atoms with E-state index in [2.05, 4.69) is 149 Å². The van der Waals surface area contributed by atoms with Gasteiger partial charge < -0.3 is 4.57 Å². The van der Waals surface area contributed by atoms with E-state index in [0.29, 0.717) is 5.82 Å². The number of rotatable bonds is 6. The van der Waals surface area contributed by atoms with Crippen LogP contribution in [0.3, 0.4) is 0 Å². The van der Waals surface area contributed by atoms with E-state index in [-0.39, 0.29) is 0 Å². The van der Waals surface area contributed by atoms with Gasteiger partial charge in [-0.25, -0.2) is 9.97 Å². The van der Waals surface area contributed by atoms with Crippen LogP contribution in [0.4, 0.5) is 0 Å². The molecule has 0 aliphatic rings. The second-order valence-corrected chi connectivity index (χ2v) is 12.1. The Morgan fingerprint density at radius 2 is 0.939 bits per heavy atom. The number of nitrogens with zero attached hydrogens (tertiary/aromatic N) is 4. The summed E-state index contributed by atoms with van der Waals surface area (Å²) in [4.78, 5) is 14.3. The highest BCUT2D eigenvalue weighted by Gasteiger charge is 2.17. The maximum atomic E-state index is 5.08. The molecule has 0 amide bonds. The monoisotopic (exact) mass is 626 g/mol. The maximum Gasteiger partial charge on any atom is 0.160 e. The number of para-hydroxylation sites is 3. The predicted octanol–water partition coefficient (Wildman–Crippen LogP) is 11.3. The molecule has 3 aromatic heterocycles. The lowest BCUT2D eigenvalue weighted by Gasteiger charge is -2.13. The molecule has 0 atom stereocenters. The largest absolute Gasteiger partial charge is 0.309 e. The standard InChI is InChI=1S/C45H30N4/c1-3-10-36(11-4-1)45-47-41(34-22-18-31(19-23-34)32-26-28-46-29-27-32)30-42(48-45)35-24-20-33(21-25-35)38-15-9-16-40-39-14-7-8-17-43(39)49(44(38)40)37-12-5-2-6-13-37/h1-30H. The highest BCUT2D eigenvalue weighted by Crippen LogP contribution is 2.39. The van der Waals surface area contributed by atoms with E-state index in [9.17, 15) is 0 Å². The van der Waals surface area contributed by atoms with E-state index >= 15 is 0 Å². The number of hydrogen-bond donors (Lipinski definition) is 0. The zero-order valence-electron chi connectivity index (χ0n) is 26.6. The molecule has 230 valence electrons. The molecule has 0 unspecified atom stereocenters. The molecule has 0 radical (unpaired) electrons. The van der Waals surface area contributed by atoms with Gasteiger partial charge in [-0.15, -0.1) is 0 Å². The Labute approximate surface area is 284 Å². The summed E-state index contributed by atoms with van der Waals surface area (Å²) in [5.74, 6) is 0.701. The van der Waals surface area contributed by atoms with Crippen LogP contribution in [0.2, 0.25) is 0 Å². The molecule has 0 spiro atoms. The summed E-state index contributed by atoms with van der Waals surface area (Å²) in [5.41, 5.74) is 13.0. The van der Waals surface area contributed by atoms with Gasteiger partial charge in [-0.2, -0.15) is 0 Å². The number of benzene rings is 6. The van der Waals surface area contributed by atoms with Crippen molar-refractivity contribution in [1.82, 2.24) is 19.5 Å². The fourth-order valence-electron chi connectivity index (χ4n) is 6.75. The van der Waals surface area contributed by atoms with Crippen molar-refractivity contribution >= 4 is 21.8 Å². The lowest BCUT2D eigenvalue weighted by molar-refractivity contribution is 1.18. The average molecular weight is 627 g/mol. The third-order valence-electron chi connectivity index (χ3n) is 9.15. The summed E-state index contributed by atoms with van der Waals surface area (Å²) < 4.78 is 2.39. The fourth-order valence-corrected chi connectivity index (χ4v) is 6.75. The molecule has 0 saturated heterocycles. The Hall–Kier alpha value is -6.65. The van der Waals surface area contributed by atoms with E-state index in [1.165, 1.54) is 27.4 Å². The SMILES string of the molecule is c1ccc(-c2nc(-c3ccc(-c4ccncc4)cc3)cc(-c3ccc(-c4cccc5c6ccccc6n(-c6ccccc6)c45)cc3)n2)cc1. The average Bonchev–Trinajstić information content (AvgIpc) is 3.54. The van der Waals surface area contributed by atoms with Crippen molar-refractivity contribution in [1.29, 1.82) is 0 Å². The second kappa shape index (κ2) is 12.2. The first-order valence-corrected chi connectivity index (χ1v) is 16.4. The number of fused-ring (bicyclic) bond motifs is 3. The number of pyridine rings is 1. The van der Waals surface area contributed by atoms with E-state index in [1.54, 1.807) is 0 Å². The fraction of sp³-hybridized carbons (Fsp3) is 0. The van der Waals surface area contributed by atoms with Gasteiger partial charge in [0.15, 0.2) is 5.82 Å². The van der Waals surface area contributed by atoms with Gasteiger partial charge in [0.1, 0.15) is 0 Å². The molecule has 9 aromatic rings. The topological polar surface area (TPSA) is 43.6 Å². The minimum absolute atomic E-state index is 0.701. The first-order chi connectivity index (χ1) is 24.3. The molecule has 4 heteroatoms. The highest BCUT2D eigenvalue weighted by molar-refractivity contribution is 6.13. The van der Waals surface area contributed by atoms with Gasteiger partial charge >= 0.3 is 0 Å². The van der Waals surface area contributed by atoms with Gasteiger partial charge in [0.25, 0.3) is 0 Å². The molecule has 0 fully saturated rings. The summed E-state index contributed by atoms with van der Waals surface area (Å²) in [7, 11) is 0. The van der Waals surface area contributed by atoms with Crippen molar-refractivity contribution in [3.8, 4) is 61.8 Å². The third kappa shape index (κ3) is 5.26. The molecular formula is C45H30N4. The summed E-state index contributed by atoms with van der Waals surface area (Å²) >= 11 is 0. The zero-order valence-corrected chi connectivity index (χ0v) is 26.6. The third-order valence-corrected chi connectivity index (χ3v) is 9.15. The summed E-state index contributed by atoms with van der Waals surface area (Å²) in [6, 6.07) is 59.5. The van der Waals surface area contributed by atoms with Gasteiger partial charge in [0, 0.05) is 51.1 Å². The second-order valence-electron chi connectivity index (χ2n) is 12.1. The van der Waals surface area contributed by atoms with Gasteiger partial charge in [-0.05, 0) is 53.1 Å². The van der Waals surface area contributed by atoms with Crippen LogP contribution >= 0.6 is 0 Å². The first-order valence-electron chi connectivity index (χ1n) is 16.4. The van der Waals surface area contributed by atoms with Crippen LogP contribution in [0.25, 0.3) is 83.6 Å². The molecular weight excluding hydrogens is 597 g/mol. The predicted molar refractivity (Wildman–Crippen MR) is 201 cm³/mol. The quantitative estimate of drug-likeness (QED) is 0.184. The number of aromatic nitrogens is 4. The van der Waals surface area contributed by atoms with Crippen molar-refractivity contribution in [3.63, 3.8) is 0 Å². The van der Waals surface area contributed by atoms with Gasteiger partial charge in [-0.3, -0.25) is 4.98 Å². The summed E-state index contributed by atoms with van der Waals surface area (Å²) in [5, 5.41) is 2.49. The van der Waals surface area contributed by atoms with Crippen LogP contribution in [0.1, 0.15) is 0 Å². The molecule has 0 bridgehead atoms.